The van der Waals surface area contributed by atoms with E-state index in [-0.39, 0.29) is 24.9 Å². The summed E-state index contributed by atoms with van der Waals surface area (Å²) in [5.41, 5.74) is 1.35. The maximum atomic E-state index is 11.9. The van der Waals surface area contributed by atoms with Crippen LogP contribution in [-0.4, -0.2) is 60.4 Å². The van der Waals surface area contributed by atoms with E-state index in [1.807, 2.05) is 6.07 Å². The van der Waals surface area contributed by atoms with Crippen LogP contribution in [0.25, 0.3) is 0 Å². The van der Waals surface area contributed by atoms with E-state index in [0.717, 1.165) is 43.8 Å². The smallest absolute Gasteiger partial charge is 0.325 e. The zero-order valence-corrected chi connectivity index (χ0v) is 14.9. The molecule has 2 fully saturated rings. The van der Waals surface area contributed by atoms with Gasteiger partial charge >= 0.3 is 6.03 Å². The van der Waals surface area contributed by atoms with E-state index < -0.39 is 6.03 Å². The van der Waals surface area contributed by atoms with Crippen molar-refractivity contribution in [1.82, 2.24) is 20.4 Å². The van der Waals surface area contributed by atoms with Gasteiger partial charge in [-0.05, 0) is 43.8 Å². The number of urea groups is 1. The number of carbonyl (C=O) groups excluding carboxylic acids is 3. The normalized spacial score (nSPS) is 18.8. The molecular formula is C19H26N4O3. The third-order valence-electron chi connectivity index (χ3n) is 5.07. The molecule has 0 saturated carbocycles. The van der Waals surface area contributed by atoms with Crippen molar-refractivity contribution in [3.05, 3.63) is 35.9 Å². The third kappa shape index (κ3) is 5.05. The zero-order valence-electron chi connectivity index (χ0n) is 14.9. The van der Waals surface area contributed by atoms with Crippen molar-refractivity contribution >= 4 is 17.8 Å². The molecule has 7 nitrogen and oxygen atoms in total. The molecule has 0 atom stereocenters. The molecule has 26 heavy (non-hydrogen) atoms. The van der Waals surface area contributed by atoms with Gasteiger partial charge in [-0.3, -0.25) is 19.4 Å². The Hall–Kier alpha value is -2.41. The Morgan fingerprint density at radius 3 is 2.54 bits per heavy atom. The number of piperidine rings is 1. The van der Waals surface area contributed by atoms with Crippen LogP contribution >= 0.6 is 0 Å². The largest absolute Gasteiger partial charge is 0.355 e. The molecule has 4 amide bonds. The third-order valence-corrected chi connectivity index (χ3v) is 5.07. The average Bonchev–Trinajstić information content (AvgIpc) is 2.96. The van der Waals surface area contributed by atoms with E-state index in [9.17, 15) is 14.4 Å². The van der Waals surface area contributed by atoms with Gasteiger partial charge in [0.05, 0.1) is 6.54 Å². The monoisotopic (exact) mass is 358 g/mol. The van der Waals surface area contributed by atoms with Gasteiger partial charge in [0, 0.05) is 13.1 Å². The maximum absolute atomic E-state index is 11.9. The quantitative estimate of drug-likeness (QED) is 0.711. The number of rotatable bonds is 7. The van der Waals surface area contributed by atoms with E-state index in [4.69, 9.17) is 0 Å². The summed E-state index contributed by atoms with van der Waals surface area (Å²) in [4.78, 5) is 38.2. The Labute approximate surface area is 153 Å². The number of hydrogen-bond donors (Lipinski definition) is 2. The molecule has 0 spiro atoms. The van der Waals surface area contributed by atoms with Crippen molar-refractivity contribution < 1.29 is 14.4 Å². The summed E-state index contributed by atoms with van der Waals surface area (Å²) in [5.74, 6) is -0.0214. The highest BCUT2D eigenvalue weighted by atomic mass is 16.2. The second-order valence-electron chi connectivity index (χ2n) is 6.98. The van der Waals surface area contributed by atoms with Crippen LogP contribution in [0.2, 0.25) is 0 Å². The van der Waals surface area contributed by atoms with Gasteiger partial charge in [-0.25, -0.2) is 4.79 Å². The minimum Gasteiger partial charge on any atom is -0.355 e. The van der Waals surface area contributed by atoms with Crippen molar-refractivity contribution in [1.29, 1.82) is 0 Å². The summed E-state index contributed by atoms with van der Waals surface area (Å²) in [5, 5.41) is 5.23. The SMILES string of the molecule is O=C(CN1C(=O)CNC1=O)NCCC1CCN(Cc2ccccc2)CC1. The van der Waals surface area contributed by atoms with Gasteiger partial charge in [-0.15, -0.1) is 0 Å². The second kappa shape index (κ2) is 8.80. The van der Waals surface area contributed by atoms with Crippen LogP contribution in [0.3, 0.4) is 0 Å². The number of nitrogens with one attached hydrogen (secondary N) is 2. The lowest BCUT2D eigenvalue weighted by Gasteiger charge is -2.32. The molecule has 2 saturated heterocycles. The Morgan fingerprint density at radius 2 is 1.88 bits per heavy atom. The molecule has 0 aliphatic carbocycles. The lowest BCUT2D eigenvalue weighted by molar-refractivity contribution is -0.130. The maximum Gasteiger partial charge on any atom is 0.325 e. The Bertz CT molecular complexity index is 625. The fourth-order valence-electron chi connectivity index (χ4n) is 3.51. The first-order valence-electron chi connectivity index (χ1n) is 9.23. The first-order chi connectivity index (χ1) is 12.6. The summed E-state index contributed by atoms with van der Waals surface area (Å²) >= 11 is 0. The summed E-state index contributed by atoms with van der Waals surface area (Å²) in [6, 6.07) is 10.0. The van der Waals surface area contributed by atoms with Crippen LogP contribution in [0, 0.1) is 5.92 Å². The molecule has 2 aliphatic heterocycles. The standard InChI is InChI=1S/C19H26N4O3/c24-17(14-23-18(25)12-21-19(23)26)20-9-6-15-7-10-22(11-8-15)13-16-4-2-1-3-5-16/h1-5,15H,6-14H2,(H,20,24)(H,21,26). The number of carbonyl (C=O) groups is 3. The Kier molecular flexibility index (Phi) is 6.22. The number of likely N-dealkylation sites (tertiary alicyclic amines) is 1. The molecule has 0 aromatic heterocycles. The Morgan fingerprint density at radius 1 is 1.15 bits per heavy atom. The Balaban J connectivity index is 1.31. The van der Waals surface area contributed by atoms with E-state index >= 15 is 0 Å². The van der Waals surface area contributed by atoms with Crippen LogP contribution in [-0.2, 0) is 16.1 Å². The first kappa shape index (κ1) is 18.4. The molecule has 0 unspecified atom stereocenters. The molecule has 0 bridgehead atoms. The molecule has 1 aromatic carbocycles. The number of amides is 4. The average molecular weight is 358 g/mol. The van der Waals surface area contributed by atoms with Gasteiger partial charge in [0.2, 0.25) is 5.91 Å². The van der Waals surface area contributed by atoms with Crippen LogP contribution < -0.4 is 10.6 Å². The molecule has 1 aromatic rings. The van der Waals surface area contributed by atoms with E-state index in [1.165, 1.54) is 5.56 Å². The van der Waals surface area contributed by atoms with Gasteiger partial charge in [0.25, 0.3) is 5.91 Å². The van der Waals surface area contributed by atoms with Crippen LogP contribution in [0.4, 0.5) is 4.79 Å². The summed E-state index contributed by atoms with van der Waals surface area (Å²) < 4.78 is 0. The molecule has 140 valence electrons. The van der Waals surface area contributed by atoms with E-state index in [0.29, 0.717) is 12.5 Å². The first-order valence-corrected chi connectivity index (χ1v) is 9.23. The van der Waals surface area contributed by atoms with Crippen LogP contribution in [0.5, 0.6) is 0 Å². The summed E-state index contributed by atoms with van der Waals surface area (Å²) in [6.45, 7) is 3.53. The number of benzene rings is 1. The fraction of sp³-hybridized carbons (Fsp3) is 0.526. The lowest BCUT2D eigenvalue weighted by atomic mass is 9.93. The van der Waals surface area contributed by atoms with Crippen molar-refractivity contribution in [2.45, 2.75) is 25.8 Å². The van der Waals surface area contributed by atoms with Crippen LogP contribution in [0.15, 0.2) is 30.3 Å². The van der Waals surface area contributed by atoms with Gasteiger partial charge in [0.1, 0.15) is 6.54 Å². The minimum atomic E-state index is -0.490. The minimum absolute atomic E-state index is 0.0202. The molecular weight excluding hydrogens is 332 g/mol. The molecule has 2 heterocycles. The summed E-state index contributed by atoms with van der Waals surface area (Å²) in [7, 11) is 0. The predicted octanol–water partition coefficient (Wildman–Crippen LogP) is 0.957. The molecule has 3 rings (SSSR count). The van der Waals surface area contributed by atoms with E-state index in [2.05, 4.69) is 39.8 Å². The van der Waals surface area contributed by atoms with Gasteiger partial charge in [-0.2, -0.15) is 0 Å². The lowest BCUT2D eigenvalue weighted by Crippen LogP contribution is -2.41. The zero-order chi connectivity index (χ0) is 18.4. The van der Waals surface area contributed by atoms with Gasteiger partial charge < -0.3 is 10.6 Å². The van der Waals surface area contributed by atoms with Crippen LogP contribution in [0.1, 0.15) is 24.8 Å². The second-order valence-corrected chi connectivity index (χ2v) is 6.98. The summed E-state index contributed by atoms with van der Waals surface area (Å²) in [6.07, 6.45) is 3.20. The highest BCUT2D eigenvalue weighted by molar-refractivity contribution is 6.04. The van der Waals surface area contributed by atoms with Crippen molar-refractivity contribution in [3.63, 3.8) is 0 Å². The van der Waals surface area contributed by atoms with Gasteiger partial charge in [0.15, 0.2) is 0 Å². The number of nitrogens with zero attached hydrogens (tertiary/aromatic N) is 2. The molecule has 2 aliphatic rings. The number of hydrogen-bond acceptors (Lipinski definition) is 4. The molecule has 2 N–H and O–H groups in total. The van der Waals surface area contributed by atoms with Crippen molar-refractivity contribution in [2.24, 2.45) is 5.92 Å². The van der Waals surface area contributed by atoms with Crippen molar-refractivity contribution in [3.8, 4) is 0 Å². The topological polar surface area (TPSA) is 81.8 Å². The predicted molar refractivity (Wildman–Crippen MR) is 97.2 cm³/mol. The van der Waals surface area contributed by atoms with Gasteiger partial charge in [-0.1, -0.05) is 30.3 Å². The highest BCUT2D eigenvalue weighted by Crippen LogP contribution is 2.21. The number of imide groups is 1. The van der Waals surface area contributed by atoms with E-state index in [1.54, 1.807) is 0 Å². The molecule has 7 heteroatoms. The fourth-order valence-corrected chi connectivity index (χ4v) is 3.51. The molecule has 0 radical (unpaired) electrons. The highest BCUT2D eigenvalue weighted by Gasteiger charge is 2.30. The van der Waals surface area contributed by atoms with Crippen molar-refractivity contribution in [2.75, 3.05) is 32.7 Å².